The van der Waals surface area contributed by atoms with Crippen LogP contribution < -0.4 is 0 Å². The number of hydrogen-bond donors (Lipinski definition) is 2. The van der Waals surface area contributed by atoms with E-state index in [2.05, 4.69) is 16.9 Å². The van der Waals surface area contributed by atoms with Gasteiger partial charge in [0.15, 0.2) is 11.6 Å². The van der Waals surface area contributed by atoms with E-state index in [-0.39, 0.29) is 29.3 Å². The summed E-state index contributed by atoms with van der Waals surface area (Å²) < 4.78 is 39.8. The van der Waals surface area contributed by atoms with Crippen LogP contribution in [0.5, 0.6) is 0 Å². The number of benzene rings is 1. The minimum Gasteiger partial charge on any atom is -0.463 e. The molecule has 0 saturated carbocycles. The predicted octanol–water partition coefficient (Wildman–Crippen LogP) is 2.05. The van der Waals surface area contributed by atoms with Crippen LogP contribution in [0.4, 0.5) is 8.78 Å². The number of aliphatic hydroxyl groups is 2. The summed E-state index contributed by atoms with van der Waals surface area (Å²) >= 11 is 5.57. The Bertz CT molecular complexity index is 941. The maximum absolute atomic E-state index is 14.2. The summed E-state index contributed by atoms with van der Waals surface area (Å²) in [5, 5.41) is 28.8. The first-order chi connectivity index (χ1) is 14.2. The van der Waals surface area contributed by atoms with Crippen LogP contribution >= 0.6 is 11.6 Å². The van der Waals surface area contributed by atoms with Crippen molar-refractivity contribution in [3.63, 3.8) is 0 Å². The van der Waals surface area contributed by atoms with E-state index in [1.807, 2.05) is 0 Å². The fraction of sp³-hybridized carbons (Fsp3) is 0.421. The Labute approximate surface area is 175 Å². The molecule has 1 aliphatic rings. The number of nitrogens with zero attached hydrogens (tertiary/aromatic N) is 3. The smallest absolute Gasteiger partial charge is 0.302 e. The molecule has 0 amide bonds. The summed E-state index contributed by atoms with van der Waals surface area (Å²) in [6.07, 6.45) is -1.24. The second-order valence-electron chi connectivity index (χ2n) is 6.82. The summed E-state index contributed by atoms with van der Waals surface area (Å²) in [4.78, 5) is 11.1. The lowest BCUT2D eigenvalue weighted by atomic mass is 9.91. The minimum atomic E-state index is -1.33. The quantitative estimate of drug-likeness (QED) is 0.399. The number of aromatic nitrogens is 3. The Morgan fingerprint density at radius 1 is 1.33 bits per heavy atom. The fourth-order valence-electron chi connectivity index (χ4n) is 3.31. The number of carbonyl (C=O) groups excluding carboxylic acids is 1. The highest BCUT2D eigenvalue weighted by molar-refractivity contribution is 6.30. The molecule has 1 aliphatic heterocycles. The lowest BCUT2D eigenvalue weighted by Gasteiger charge is -2.42. The third-order valence-corrected chi connectivity index (χ3v) is 5.08. The zero-order valence-corrected chi connectivity index (χ0v) is 16.7. The molecule has 0 aliphatic carbocycles. The molecule has 1 saturated heterocycles. The van der Waals surface area contributed by atoms with Crippen molar-refractivity contribution in [1.82, 2.24) is 15.0 Å². The van der Waals surface area contributed by atoms with Crippen molar-refractivity contribution < 1.29 is 33.3 Å². The average Bonchev–Trinajstić information content (AvgIpc) is 3.17. The standard InChI is InChI=1S/C19H20ClF2N3O5/c1-3-4-13-18(27)17(19(28)14(30-13)8-29-9(2)26)25-7-12(23-24-25)10-5-6-11(20)16(22)15(10)21/h3,5-7,13-14,17-19,27-28H,1,4,8H2,2H3/t13-,14-,17-,18+,19+/m1/s1. The maximum Gasteiger partial charge on any atom is 0.302 e. The SMILES string of the molecule is C=CC[C@H]1O[C@H](COC(C)=O)[C@H](O)[C@H](n2cc(-c3ccc(Cl)c(F)c3F)nn2)[C@H]1O. The summed E-state index contributed by atoms with van der Waals surface area (Å²) in [5.41, 5.74) is -0.205. The Hall–Kier alpha value is -2.40. The molecule has 8 nitrogen and oxygen atoms in total. The van der Waals surface area contributed by atoms with Crippen LogP contribution in [0, 0.1) is 11.6 Å². The lowest BCUT2D eigenvalue weighted by molar-refractivity contribution is -0.209. The second kappa shape index (κ2) is 9.17. The van der Waals surface area contributed by atoms with Gasteiger partial charge >= 0.3 is 5.97 Å². The predicted molar refractivity (Wildman–Crippen MR) is 102 cm³/mol. The van der Waals surface area contributed by atoms with Crippen molar-refractivity contribution in [3.05, 3.63) is 47.6 Å². The zero-order valence-electron chi connectivity index (χ0n) is 15.9. The van der Waals surface area contributed by atoms with Gasteiger partial charge in [-0.3, -0.25) is 4.79 Å². The van der Waals surface area contributed by atoms with Gasteiger partial charge in [-0.2, -0.15) is 0 Å². The molecular weight excluding hydrogens is 424 g/mol. The average molecular weight is 444 g/mol. The van der Waals surface area contributed by atoms with Crippen LogP contribution in [-0.4, -0.2) is 62.2 Å². The summed E-state index contributed by atoms with van der Waals surface area (Å²) in [6, 6.07) is 1.38. The number of ether oxygens (including phenoxy) is 2. The number of halogens is 3. The van der Waals surface area contributed by atoms with Gasteiger partial charge in [-0.15, -0.1) is 11.7 Å². The largest absolute Gasteiger partial charge is 0.463 e. The number of esters is 1. The molecule has 3 rings (SSSR count). The van der Waals surface area contributed by atoms with Crippen LogP contribution in [0.25, 0.3) is 11.3 Å². The normalized spacial score (nSPS) is 26.4. The minimum absolute atomic E-state index is 0.0224. The van der Waals surface area contributed by atoms with E-state index >= 15 is 0 Å². The van der Waals surface area contributed by atoms with Crippen molar-refractivity contribution in [2.24, 2.45) is 0 Å². The molecule has 0 unspecified atom stereocenters. The van der Waals surface area contributed by atoms with Crippen molar-refractivity contribution in [1.29, 1.82) is 0 Å². The van der Waals surface area contributed by atoms with E-state index in [9.17, 15) is 23.8 Å². The molecule has 30 heavy (non-hydrogen) atoms. The van der Waals surface area contributed by atoms with Crippen LogP contribution in [0.1, 0.15) is 19.4 Å². The molecule has 162 valence electrons. The van der Waals surface area contributed by atoms with Gasteiger partial charge in [0.05, 0.1) is 17.3 Å². The Morgan fingerprint density at radius 2 is 2.03 bits per heavy atom. The maximum atomic E-state index is 14.2. The summed E-state index contributed by atoms with van der Waals surface area (Å²) in [6.45, 7) is 4.58. The van der Waals surface area contributed by atoms with E-state index in [4.69, 9.17) is 21.1 Å². The molecule has 2 N–H and O–H groups in total. The third-order valence-electron chi connectivity index (χ3n) is 4.79. The van der Waals surface area contributed by atoms with Crippen molar-refractivity contribution in [3.8, 4) is 11.3 Å². The van der Waals surface area contributed by atoms with Gasteiger partial charge in [-0.05, 0) is 18.6 Å². The van der Waals surface area contributed by atoms with E-state index in [1.165, 1.54) is 31.3 Å². The van der Waals surface area contributed by atoms with Gasteiger partial charge in [0.25, 0.3) is 0 Å². The topological polar surface area (TPSA) is 107 Å². The number of hydrogen-bond acceptors (Lipinski definition) is 7. The Kier molecular flexibility index (Phi) is 6.81. The number of aliphatic hydroxyl groups excluding tert-OH is 2. The Balaban J connectivity index is 1.93. The summed E-state index contributed by atoms with van der Waals surface area (Å²) in [5.74, 6) is -2.97. The van der Waals surface area contributed by atoms with E-state index < -0.39 is 48.1 Å². The first kappa shape index (κ1) is 22.3. The first-order valence-corrected chi connectivity index (χ1v) is 9.44. The highest BCUT2D eigenvalue weighted by Crippen LogP contribution is 2.33. The van der Waals surface area contributed by atoms with Crippen LogP contribution in [0.2, 0.25) is 5.02 Å². The molecule has 11 heteroatoms. The van der Waals surface area contributed by atoms with Crippen molar-refractivity contribution in [2.45, 2.75) is 43.8 Å². The van der Waals surface area contributed by atoms with Gasteiger partial charge in [-0.25, -0.2) is 13.5 Å². The van der Waals surface area contributed by atoms with Crippen LogP contribution in [0.15, 0.2) is 31.0 Å². The van der Waals surface area contributed by atoms with Gasteiger partial charge < -0.3 is 19.7 Å². The van der Waals surface area contributed by atoms with Gasteiger partial charge in [0.2, 0.25) is 0 Å². The van der Waals surface area contributed by atoms with Gasteiger partial charge in [0.1, 0.15) is 36.7 Å². The summed E-state index contributed by atoms with van der Waals surface area (Å²) in [7, 11) is 0. The van der Waals surface area contributed by atoms with E-state index in [1.54, 1.807) is 0 Å². The zero-order chi connectivity index (χ0) is 22.0. The molecule has 1 fully saturated rings. The molecule has 2 heterocycles. The molecule has 0 bridgehead atoms. The monoisotopic (exact) mass is 443 g/mol. The molecule has 0 radical (unpaired) electrons. The number of rotatable bonds is 6. The molecule has 1 aromatic heterocycles. The van der Waals surface area contributed by atoms with E-state index in [0.717, 1.165) is 4.68 Å². The molecule has 1 aromatic carbocycles. The van der Waals surface area contributed by atoms with Crippen LogP contribution in [0.3, 0.4) is 0 Å². The first-order valence-electron chi connectivity index (χ1n) is 9.06. The molecule has 2 aromatic rings. The third kappa shape index (κ3) is 4.36. The fourth-order valence-corrected chi connectivity index (χ4v) is 3.45. The van der Waals surface area contributed by atoms with Crippen LogP contribution in [-0.2, 0) is 14.3 Å². The lowest BCUT2D eigenvalue weighted by Crippen LogP contribution is -2.56. The highest BCUT2D eigenvalue weighted by Gasteiger charge is 2.46. The highest BCUT2D eigenvalue weighted by atomic mass is 35.5. The van der Waals surface area contributed by atoms with Gasteiger partial charge in [-0.1, -0.05) is 22.9 Å². The number of carbonyl (C=O) groups is 1. The van der Waals surface area contributed by atoms with Crippen molar-refractivity contribution >= 4 is 17.6 Å². The van der Waals surface area contributed by atoms with Gasteiger partial charge in [0, 0.05) is 12.5 Å². The molecular formula is C19H20ClF2N3O5. The molecule has 0 spiro atoms. The Morgan fingerprint density at radius 3 is 2.70 bits per heavy atom. The second-order valence-corrected chi connectivity index (χ2v) is 7.23. The van der Waals surface area contributed by atoms with E-state index in [0.29, 0.717) is 0 Å². The van der Waals surface area contributed by atoms with Crippen molar-refractivity contribution in [2.75, 3.05) is 6.61 Å². The molecule has 5 atom stereocenters.